The molecule has 4 aromatic rings. The van der Waals surface area contributed by atoms with E-state index in [1.54, 1.807) is 30.5 Å². The second kappa shape index (κ2) is 14.7. The van der Waals surface area contributed by atoms with E-state index in [0.29, 0.717) is 24.2 Å². The molecule has 12 heteroatoms. The lowest BCUT2D eigenvalue weighted by Crippen LogP contribution is -2.33. The van der Waals surface area contributed by atoms with Gasteiger partial charge in [-0.1, -0.05) is 79.7 Å². The van der Waals surface area contributed by atoms with Crippen molar-refractivity contribution in [1.82, 2.24) is 25.6 Å². The Morgan fingerprint density at radius 3 is 2.24 bits per heavy atom. The lowest BCUT2D eigenvalue weighted by molar-refractivity contribution is -0.119. The molecule has 4 amide bonds. The van der Waals surface area contributed by atoms with Gasteiger partial charge in [0.15, 0.2) is 0 Å². The van der Waals surface area contributed by atoms with Crippen LogP contribution in [0.3, 0.4) is 0 Å². The van der Waals surface area contributed by atoms with Gasteiger partial charge in [-0.15, -0.1) is 5.10 Å². The second-order valence-electron chi connectivity index (χ2n) is 11.6. The van der Waals surface area contributed by atoms with Crippen LogP contribution < -0.4 is 21.7 Å². The van der Waals surface area contributed by atoms with Gasteiger partial charge < -0.3 is 31.5 Å². The summed E-state index contributed by atoms with van der Waals surface area (Å²) in [6.45, 7) is 4.25. The number of rotatable bonds is 13. The Balaban J connectivity index is 1.27. The van der Waals surface area contributed by atoms with E-state index in [-0.39, 0.29) is 37.5 Å². The van der Waals surface area contributed by atoms with E-state index in [0.717, 1.165) is 27.8 Å². The van der Waals surface area contributed by atoms with Gasteiger partial charge in [0.2, 0.25) is 5.91 Å². The summed E-state index contributed by atoms with van der Waals surface area (Å²) in [5, 5.41) is 26.3. The van der Waals surface area contributed by atoms with Gasteiger partial charge in [-0.2, -0.15) is 0 Å². The van der Waals surface area contributed by atoms with Gasteiger partial charge in [0.05, 0.1) is 18.8 Å². The number of aliphatic hydroxyl groups is 1. The average Bonchev–Trinajstić information content (AvgIpc) is 3.65. The highest BCUT2D eigenvalue weighted by Crippen LogP contribution is 2.44. The van der Waals surface area contributed by atoms with Gasteiger partial charge in [0, 0.05) is 18.2 Å². The first-order valence-electron chi connectivity index (χ1n) is 15.3. The minimum absolute atomic E-state index is 0.0669. The van der Waals surface area contributed by atoms with Gasteiger partial charge in [-0.3, -0.25) is 4.79 Å². The summed E-state index contributed by atoms with van der Waals surface area (Å²) in [4.78, 5) is 37.7. The number of anilines is 1. The highest BCUT2D eigenvalue weighted by atomic mass is 16.5. The number of carbonyl (C=O) groups is 3. The smallest absolute Gasteiger partial charge is 0.407 e. The molecule has 1 heterocycles. The van der Waals surface area contributed by atoms with Gasteiger partial charge in [-0.05, 0) is 58.7 Å². The van der Waals surface area contributed by atoms with Crippen LogP contribution in [0.5, 0.6) is 0 Å². The number of aliphatic hydroxyl groups excluding tert-OH is 1. The fraction of sp³-hybridized carbons (Fsp3) is 0.324. The van der Waals surface area contributed by atoms with E-state index in [2.05, 4.69) is 50.5 Å². The number of alkyl carbamates (subject to hydrolysis) is 1. The Labute approximate surface area is 267 Å². The summed E-state index contributed by atoms with van der Waals surface area (Å²) in [5.74, 6) is -0.472. The number of nitrogens with zero attached hydrogens (tertiary/aromatic N) is 3. The van der Waals surface area contributed by atoms with Crippen molar-refractivity contribution >= 4 is 23.7 Å². The minimum Gasteiger partial charge on any atom is -0.449 e. The number of benzene rings is 3. The van der Waals surface area contributed by atoms with Crippen LogP contribution in [-0.2, 0) is 16.1 Å². The average molecular weight is 626 g/mol. The molecule has 12 nitrogen and oxygen atoms in total. The Hall–Kier alpha value is -5.23. The summed E-state index contributed by atoms with van der Waals surface area (Å²) in [6.07, 6.45) is 1.85. The number of nitrogens with two attached hydrogens (primary N) is 1. The standard InChI is InChI=1S/C34H39N7O5/c1-21(2)31(38-34(45)46-20-28-26-10-5-3-8-24(26)25-9-4-6-11-27(25)28)29-18-41(40-39-29)30(12-7-17-36-33(35)44)32(43)37-23-15-13-22(19-42)14-16-23/h3-6,8-11,13-16,18,21,28,30-31,42H,7,12,17,19-20H2,1-2H3,(H,37,43)(H,38,45)(H3,35,36,44)/t30-,31-/m0/s1. The van der Waals surface area contributed by atoms with Crippen LogP contribution in [-0.4, -0.2) is 51.3 Å². The molecule has 3 aromatic carbocycles. The number of hydrogen-bond acceptors (Lipinski definition) is 7. The number of hydrogen-bond donors (Lipinski definition) is 5. The predicted octanol–water partition coefficient (Wildman–Crippen LogP) is 4.63. The van der Waals surface area contributed by atoms with Crippen molar-refractivity contribution in [2.24, 2.45) is 11.7 Å². The molecule has 0 aliphatic heterocycles. The zero-order chi connectivity index (χ0) is 32.6. The van der Waals surface area contributed by atoms with Gasteiger partial charge >= 0.3 is 12.1 Å². The van der Waals surface area contributed by atoms with Crippen LogP contribution in [0.4, 0.5) is 15.3 Å². The molecular weight excluding hydrogens is 586 g/mol. The van der Waals surface area contributed by atoms with E-state index < -0.39 is 24.2 Å². The Morgan fingerprint density at radius 2 is 1.63 bits per heavy atom. The van der Waals surface area contributed by atoms with Gasteiger partial charge in [0.25, 0.3) is 0 Å². The van der Waals surface area contributed by atoms with Gasteiger partial charge in [-0.25, -0.2) is 14.3 Å². The molecule has 1 aliphatic rings. The quantitative estimate of drug-likeness (QED) is 0.135. The largest absolute Gasteiger partial charge is 0.449 e. The van der Waals surface area contributed by atoms with Gasteiger partial charge in [0.1, 0.15) is 18.3 Å². The summed E-state index contributed by atoms with van der Waals surface area (Å²) >= 11 is 0. The van der Waals surface area contributed by atoms with Crippen LogP contribution in [0.1, 0.15) is 67.1 Å². The fourth-order valence-corrected chi connectivity index (χ4v) is 5.74. The van der Waals surface area contributed by atoms with Crippen molar-refractivity contribution in [3.05, 3.63) is 101 Å². The number of amides is 4. The Morgan fingerprint density at radius 1 is 0.978 bits per heavy atom. The third-order valence-electron chi connectivity index (χ3n) is 8.11. The minimum atomic E-state index is -0.768. The van der Waals surface area contributed by atoms with E-state index >= 15 is 0 Å². The van der Waals surface area contributed by atoms with Crippen molar-refractivity contribution in [3.8, 4) is 11.1 Å². The van der Waals surface area contributed by atoms with Crippen LogP contribution in [0.25, 0.3) is 11.1 Å². The summed E-state index contributed by atoms with van der Waals surface area (Å²) in [6, 6.07) is 21.2. The molecule has 0 spiro atoms. The van der Waals surface area contributed by atoms with Crippen molar-refractivity contribution < 1.29 is 24.2 Å². The van der Waals surface area contributed by atoms with Crippen molar-refractivity contribution in [1.29, 1.82) is 0 Å². The number of primary amides is 1. The van der Waals surface area contributed by atoms with Crippen molar-refractivity contribution in [2.75, 3.05) is 18.5 Å². The zero-order valence-corrected chi connectivity index (χ0v) is 25.8. The summed E-state index contributed by atoms with van der Waals surface area (Å²) < 4.78 is 7.24. The second-order valence-corrected chi connectivity index (χ2v) is 11.6. The molecule has 0 unspecified atom stereocenters. The lowest BCUT2D eigenvalue weighted by Gasteiger charge is -2.21. The molecule has 6 N–H and O–H groups in total. The number of carbonyl (C=O) groups excluding carboxylic acids is 3. The number of fused-ring (bicyclic) bond motifs is 3. The maximum atomic E-state index is 13.4. The van der Waals surface area contributed by atoms with Crippen LogP contribution in [0.15, 0.2) is 79.0 Å². The SMILES string of the molecule is CC(C)[C@H](NC(=O)OCC1c2ccccc2-c2ccccc21)c1cn([C@@H](CCCNC(N)=O)C(=O)Nc2ccc(CO)cc2)nn1. The van der Waals surface area contributed by atoms with E-state index in [4.69, 9.17) is 10.5 Å². The fourth-order valence-electron chi connectivity index (χ4n) is 5.74. The maximum absolute atomic E-state index is 13.4. The van der Waals surface area contributed by atoms with E-state index in [9.17, 15) is 19.5 Å². The highest BCUT2D eigenvalue weighted by molar-refractivity contribution is 5.93. The first-order chi connectivity index (χ1) is 22.2. The molecule has 5 rings (SSSR count). The van der Waals surface area contributed by atoms with Crippen molar-refractivity contribution in [3.63, 3.8) is 0 Å². The molecule has 1 aliphatic carbocycles. The molecule has 0 radical (unpaired) electrons. The lowest BCUT2D eigenvalue weighted by atomic mass is 9.98. The van der Waals surface area contributed by atoms with Crippen molar-refractivity contribution in [2.45, 2.75) is 51.3 Å². The zero-order valence-electron chi connectivity index (χ0n) is 25.8. The van der Waals surface area contributed by atoms with E-state index in [1.165, 1.54) is 4.68 Å². The molecule has 1 aromatic heterocycles. The molecular formula is C34H39N7O5. The third kappa shape index (κ3) is 7.52. The number of aromatic nitrogens is 3. The molecule has 2 atom stereocenters. The predicted molar refractivity (Wildman–Crippen MR) is 173 cm³/mol. The molecule has 0 bridgehead atoms. The normalized spacial score (nSPS) is 13.4. The summed E-state index contributed by atoms with van der Waals surface area (Å²) in [7, 11) is 0. The third-order valence-corrected chi connectivity index (χ3v) is 8.11. The maximum Gasteiger partial charge on any atom is 0.407 e. The summed E-state index contributed by atoms with van der Waals surface area (Å²) in [5.41, 5.74) is 11.5. The molecule has 46 heavy (non-hydrogen) atoms. The first-order valence-corrected chi connectivity index (χ1v) is 15.3. The Bertz CT molecular complexity index is 1620. The first kappa shape index (κ1) is 32.2. The molecule has 240 valence electrons. The van der Waals surface area contributed by atoms with E-state index in [1.807, 2.05) is 38.1 Å². The Kier molecular flexibility index (Phi) is 10.3. The van der Waals surface area contributed by atoms with Crippen LogP contribution in [0.2, 0.25) is 0 Å². The topological polar surface area (TPSA) is 173 Å². The highest BCUT2D eigenvalue weighted by Gasteiger charge is 2.30. The van der Waals surface area contributed by atoms with Crippen LogP contribution in [0, 0.1) is 5.92 Å². The van der Waals surface area contributed by atoms with Crippen LogP contribution >= 0.6 is 0 Å². The number of nitrogens with one attached hydrogen (secondary N) is 3. The number of ether oxygens (including phenoxy) is 1. The molecule has 0 saturated heterocycles. The number of urea groups is 1. The molecule has 0 fully saturated rings. The monoisotopic (exact) mass is 625 g/mol. The molecule has 0 saturated carbocycles.